The van der Waals surface area contributed by atoms with Crippen LogP contribution in [-0.4, -0.2) is 69.0 Å². The molecule has 48 heavy (non-hydrogen) atoms. The van der Waals surface area contributed by atoms with Gasteiger partial charge in [-0.15, -0.1) is 21.5 Å². The first-order chi connectivity index (χ1) is 23.0. The number of ether oxygens (including phenoxy) is 3. The molecule has 0 bridgehead atoms. The highest BCUT2D eigenvalue weighted by Crippen LogP contribution is 2.35. The number of benzene rings is 2. The van der Waals surface area contributed by atoms with Gasteiger partial charge < -0.3 is 24.8 Å². The molecule has 15 nitrogen and oxygen atoms in total. The normalized spacial score (nSPS) is 11.4. The number of methoxy groups -OCH3 is 1. The minimum atomic E-state index is -0.823. The van der Waals surface area contributed by atoms with Crippen molar-refractivity contribution in [2.24, 2.45) is 0 Å². The highest BCUT2D eigenvalue weighted by Gasteiger charge is 2.29. The maximum absolute atomic E-state index is 13.5. The van der Waals surface area contributed by atoms with Gasteiger partial charge in [-0.25, -0.2) is 9.59 Å². The molecule has 4 rings (SSSR count). The molecule has 0 saturated heterocycles. The molecule has 0 saturated carbocycles. The van der Waals surface area contributed by atoms with Crippen LogP contribution in [0.5, 0.6) is 5.75 Å². The zero-order valence-electron chi connectivity index (χ0n) is 26.6. The minimum absolute atomic E-state index is 0.0550. The summed E-state index contributed by atoms with van der Waals surface area (Å²) in [6.07, 6.45) is 0. The van der Waals surface area contributed by atoms with Crippen molar-refractivity contribution in [1.29, 1.82) is 0 Å². The first kappa shape index (κ1) is 35.6. The lowest BCUT2D eigenvalue weighted by atomic mass is 10.1. The molecule has 2 N–H and O–H groups in total. The monoisotopic (exact) mass is 696 g/mol. The molecule has 0 aliphatic heterocycles. The predicted molar refractivity (Wildman–Crippen MR) is 177 cm³/mol. The fourth-order valence-electron chi connectivity index (χ4n) is 4.34. The Bertz CT molecular complexity index is 1820. The number of aromatic nitrogens is 3. The lowest BCUT2D eigenvalue weighted by molar-refractivity contribution is -0.384. The lowest BCUT2D eigenvalue weighted by Crippen LogP contribution is -2.25. The average molecular weight is 697 g/mol. The van der Waals surface area contributed by atoms with E-state index in [0.717, 1.165) is 23.1 Å². The van der Waals surface area contributed by atoms with E-state index in [2.05, 4.69) is 20.8 Å². The number of hydrogen-bond acceptors (Lipinski definition) is 13. The van der Waals surface area contributed by atoms with Crippen LogP contribution in [-0.2, 0) is 20.8 Å². The Morgan fingerprint density at radius 3 is 2.25 bits per heavy atom. The van der Waals surface area contributed by atoms with Gasteiger partial charge in [0.2, 0.25) is 5.91 Å². The Morgan fingerprint density at radius 2 is 1.65 bits per heavy atom. The lowest BCUT2D eigenvalue weighted by Gasteiger charge is -2.14. The number of anilines is 1. The second kappa shape index (κ2) is 16.0. The fraction of sp³-hybridized carbons (Fsp3) is 0.290. The number of rotatable bonds is 14. The summed E-state index contributed by atoms with van der Waals surface area (Å²) in [4.78, 5) is 62.6. The molecular formula is C31H32N6O9S2. The standard InChI is InChI=1S/C31H32N6O9S2/c1-6-45-29(40)24-17(3)25(30(41)46-7-2)48-28(24)33-26(38)18(4)47-31-35-34-23(36(31)20-10-12-21(13-11-20)37(42)43)16-32-27(39)19-8-14-22(44-5)15-9-19/h8-15,18H,6-7,16H2,1-5H3,(H,32,39)(H,33,38). The van der Waals surface area contributed by atoms with Crippen molar-refractivity contribution >= 4 is 57.5 Å². The molecule has 0 aliphatic carbocycles. The summed E-state index contributed by atoms with van der Waals surface area (Å²) >= 11 is 1.93. The Hall–Kier alpha value is -5.29. The molecule has 2 heterocycles. The second-order valence-electron chi connectivity index (χ2n) is 9.87. The molecule has 2 aromatic carbocycles. The first-order valence-electron chi connectivity index (χ1n) is 14.5. The van der Waals surface area contributed by atoms with Gasteiger partial charge in [0.1, 0.15) is 15.6 Å². The van der Waals surface area contributed by atoms with Crippen LogP contribution < -0.4 is 15.4 Å². The molecule has 0 spiro atoms. The number of thioether (sulfide) groups is 1. The van der Waals surface area contributed by atoms with Crippen molar-refractivity contribution < 1.29 is 38.3 Å². The topological polar surface area (TPSA) is 194 Å². The van der Waals surface area contributed by atoms with Crippen LogP contribution in [0.4, 0.5) is 10.7 Å². The van der Waals surface area contributed by atoms with Crippen molar-refractivity contribution in [2.75, 3.05) is 25.6 Å². The number of carbonyl (C=O) groups is 4. The molecular weight excluding hydrogens is 665 g/mol. The average Bonchev–Trinajstić information content (AvgIpc) is 3.63. The third-order valence-corrected chi connectivity index (χ3v) is 8.98. The number of carbonyl (C=O) groups excluding carboxylic acids is 4. The van der Waals surface area contributed by atoms with Crippen molar-refractivity contribution in [3.8, 4) is 11.4 Å². The van der Waals surface area contributed by atoms with Crippen LogP contribution in [0.15, 0.2) is 53.7 Å². The van der Waals surface area contributed by atoms with E-state index < -0.39 is 28.0 Å². The SMILES string of the molecule is CCOC(=O)c1sc(NC(=O)C(C)Sc2nnc(CNC(=O)c3ccc(OC)cc3)n2-c2ccc([N+](=O)[O-])cc2)c(C(=O)OCC)c1C. The predicted octanol–water partition coefficient (Wildman–Crippen LogP) is 4.96. The number of nitro groups is 1. The molecule has 4 aromatic rings. The van der Waals surface area contributed by atoms with E-state index in [1.807, 2.05) is 0 Å². The van der Waals surface area contributed by atoms with Crippen LogP contribution in [0.1, 0.15) is 62.5 Å². The summed E-state index contributed by atoms with van der Waals surface area (Å²) in [5, 5.41) is 24.8. The summed E-state index contributed by atoms with van der Waals surface area (Å²) in [6, 6.07) is 12.2. The summed E-state index contributed by atoms with van der Waals surface area (Å²) in [5.41, 5.74) is 1.08. The Kier molecular flexibility index (Phi) is 11.9. The van der Waals surface area contributed by atoms with Gasteiger partial charge in [0, 0.05) is 23.4 Å². The number of esters is 2. The Morgan fingerprint density at radius 1 is 1.00 bits per heavy atom. The van der Waals surface area contributed by atoms with Gasteiger partial charge in [-0.05, 0) is 69.7 Å². The molecule has 17 heteroatoms. The third-order valence-electron chi connectivity index (χ3n) is 6.75. The van der Waals surface area contributed by atoms with Crippen molar-refractivity contribution in [1.82, 2.24) is 20.1 Å². The van der Waals surface area contributed by atoms with Gasteiger partial charge in [-0.2, -0.15) is 0 Å². The van der Waals surface area contributed by atoms with E-state index in [4.69, 9.17) is 14.2 Å². The smallest absolute Gasteiger partial charge is 0.348 e. The van der Waals surface area contributed by atoms with Crippen molar-refractivity contribution in [3.05, 3.63) is 86.0 Å². The Labute approximate surface area is 283 Å². The molecule has 252 valence electrons. The van der Waals surface area contributed by atoms with Gasteiger partial charge in [0.15, 0.2) is 11.0 Å². The summed E-state index contributed by atoms with van der Waals surface area (Å²) in [7, 11) is 1.52. The van der Waals surface area contributed by atoms with Crippen LogP contribution in [0.3, 0.4) is 0 Å². The van der Waals surface area contributed by atoms with E-state index in [0.29, 0.717) is 28.4 Å². The third kappa shape index (κ3) is 8.16. The number of nitro benzene ring substituents is 1. The van der Waals surface area contributed by atoms with Crippen LogP contribution in [0, 0.1) is 17.0 Å². The maximum atomic E-state index is 13.5. The van der Waals surface area contributed by atoms with E-state index >= 15 is 0 Å². The van der Waals surface area contributed by atoms with Crippen LogP contribution >= 0.6 is 23.1 Å². The quantitative estimate of drug-likeness (QED) is 0.0780. The highest BCUT2D eigenvalue weighted by atomic mass is 32.2. The molecule has 1 unspecified atom stereocenters. The van der Waals surface area contributed by atoms with Crippen LogP contribution in [0.2, 0.25) is 0 Å². The van der Waals surface area contributed by atoms with E-state index in [1.54, 1.807) is 56.5 Å². The largest absolute Gasteiger partial charge is 0.497 e. The van der Waals surface area contributed by atoms with E-state index in [9.17, 15) is 29.3 Å². The molecule has 2 aromatic heterocycles. The van der Waals surface area contributed by atoms with E-state index in [1.165, 1.54) is 31.4 Å². The number of non-ortho nitro benzene ring substituents is 1. The minimum Gasteiger partial charge on any atom is -0.497 e. The first-order valence-corrected chi connectivity index (χ1v) is 16.2. The maximum Gasteiger partial charge on any atom is 0.348 e. The molecule has 0 fully saturated rings. The van der Waals surface area contributed by atoms with Gasteiger partial charge in [-0.3, -0.25) is 24.3 Å². The summed E-state index contributed by atoms with van der Waals surface area (Å²) in [6.45, 7) is 6.63. The zero-order valence-corrected chi connectivity index (χ0v) is 28.2. The number of nitrogens with one attached hydrogen (secondary N) is 2. The Balaban J connectivity index is 1.60. The summed E-state index contributed by atoms with van der Waals surface area (Å²) in [5.74, 6) is -1.35. The molecule has 0 radical (unpaired) electrons. The van der Waals surface area contributed by atoms with Gasteiger partial charge >= 0.3 is 11.9 Å². The summed E-state index contributed by atoms with van der Waals surface area (Å²) < 4.78 is 17.0. The highest BCUT2D eigenvalue weighted by molar-refractivity contribution is 8.00. The number of nitrogens with zero attached hydrogens (tertiary/aromatic N) is 4. The van der Waals surface area contributed by atoms with Crippen molar-refractivity contribution in [2.45, 2.75) is 44.6 Å². The second-order valence-corrected chi connectivity index (χ2v) is 12.2. The fourth-order valence-corrected chi connectivity index (χ4v) is 6.32. The van der Waals surface area contributed by atoms with Crippen molar-refractivity contribution in [3.63, 3.8) is 0 Å². The van der Waals surface area contributed by atoms with E-state index in [-0.39, 0.29) is 52.0 Å². The van der Waals surface area contributed by atoms with Gasteiger partial charge in [0.25, 0.3) is 11.6 Å². The van der Waals surface area contributed by atoms with Gasteiger partial charge in [-0.1, -0.05) is 11.8 Å². The molecule has 1 atom stereocenters. The van der Waals surface area contributed by atoms with Gasteiger partial charge in [0.05, 0.1) is 42.6 Å². The molecule has 2 amide bonds. The molecule has 0 aliphatic rings. The number of hydrogen-bond donors (Lipinski definition) is 2. The van der Waals surface area contributed by atoms with Crippen LogP contribution in [0.25, 0.3) is 5.69 Å². The zero-order chi connectivity index (χ0) is 35.0. The number of amides is 2. The number of thiophene rings is 1.